The van der Waals surface area contributed by atoms with Gasteiger partial charge in [0.2, 0.25) is 0 Å². The zero-order valence-electron chi connectivity index (χ0n) is 4.46. The Morgan fingerprint density at radius 2 is 1.00 bits per heavy atom. The van der Waals surface area contributed by atoms with E-state index in [4.69, 9.17) is 11.5 Å². The van der Waals surface area contributed by atoms with Crippen LogP contribution in [0.3, 0.4) is 0 Å². The minimum atomic E-state index is 0. The van der Waals surface area contributed by atoms with Gasteiger partial charge >= 0.3 is 18.9 Å². The van der Waals surface area contributed by atoms with E-state index in [1.165, 1.54) is 0 Å². The summed E-state index contributed by atoms with van der Waals surface area (Å²) in [6.07, 6.45) is 0. The van der Waals surface area contributed by atoms with E-state index in [2.05, 4.69) is 0 Å². The van der Waals surface area contributed by atoms with Gasteiger partial charge in [0, 0.05) is 11.4 Å². The zero-order valence-corrected chi connectivity index (χ0v) is 4.46. The SMILES string of the molecule is Nc1ccc(N)cc1.[LiH]. The molecule has 0 atom stereocenters. The average molecular weight is 116 g/mol. The molecule has 0 heterocycles. The molecule has 0 amide bonds. The standard InChI is InChI=1S/C6H8N2.Li.H/c7-5-1-2-6(8)4-3-5;;/h1-4H,7-8H2;;. The van der Waals surface area contributed by atoms with Gasteiger partial charge in [-0.1, -0.05) is 0 Å². The predicted octanol–water partition coefficient (Wildman–Crippen LogP) is 0.203. The summed E-state index contributed by atoms with van der Waals surface area (Å²) in [6.45, 7) is 0. The van der Waals surface area contributed by atoms with Gasteiger partial charge in [0.1, 0.15) is 0 Å². The molecule has 0 spiro atoms. The molecule has 0 saturated carbocycles. The molecule has 1 aromatic rings. The Labute approximate surface area is 66.4 Å². The van der Waals surface area contributed by atoms with Gasteiger partial charge in [0.25, 0.3) is 0 Å². The number of benzene rings is 1. The third-order valence-electron chi connectivity index (χ3n) is 0.936. The summed E-state index contributed by atoms with van der Waals surface area (Å²) in [5, 5.41) is 0. The van der Waals surface area contributed by atoms with Gasteiger partial charge in [-0.15, -0.1) is 0 Å². The number of nitrogens with two attached hydrogens (primary N) is 2. The number of rotatable bonds is 0. The molecule has 0 radical (unpaired) electrons. The third kappa shape index (κ3) is 2.45. The second-order valence-corrected chi connectivity index (χ2v) is 1.67. The first kappa shape index (κ1) is 8.42. The van der Waals surface area contributed by atoms with E-state index in [9.17, 15) is 0 Å². The summed E-state index contributed by atoms with van der Waals surface area (Å²) in [5.41, 5.74) is 12.2. The molecule has 2 nitrogen and oxygen atoms in total. The molecular weight excluding hydrogens is 107 g/mol. The molecular formula is C6H9LiN2. The van der Waals surface area contributed by atoms with Crippen molar-refractivity contribution in [1.29, 1.82) is 0 Å². The molecule has 0 unspecified atom stereocenters. The molecule has 0 aliphatic carbocycles. The molecule has 0 aliphatic heterocycles. The van der Waals surface area contributed by atoms with Crippen molar-refractivity contribution in [1.82, 2.24) is 0 Å². The quantitative estimate of drug-likeness (QED) is 0.376. The van der Waals surface area contributed by atoms with Crippen LogP contribution in [0.1, 0.15) is 0 Å². The molecule has 44 valence electrons. The van der Waals surface area contributed by atoms with Crippen LogP contribution in [0.15, 0.2) is 24.3 Å². The Bertz CT molecular complexity index is 150. The molecule has 4 N–H and O–H groups in total. The summed E-state index contributed by atoms with van der Waals surface area (Å²) in [4.78, 5) is 0. The molecule has 0 aromatic heterocycles. The number of nitrogen functional groups attached to an aromatic ring is 2. The van der Waals surface area contributed by atoms with Crippen molar-refractivity contribution < 1.29 is 0 Å². The Balaban J connectivity index is 0.000000640. The van der Waals surface area contributed by atoms with Crippen LogP contribution in [0.5, 0.6) is 0 Å². The van der Waals surface area contributed by atoms with Crippen LogP contribution in [0.2, 0.25) is 0 Å². The van der Waals surface area contributed by atoms with Crippen LogP contribution < -0.4 is 11.5 Å². The monoisotopic (exact) mass is 116 g/mol. The molecule has 1 rings (SSSR count). The summed E-state index contributed by atoms with van der Waals surface area (Å²) >= 11 is 0. The van der Waals surface area contributed by atoms with E-state index in [-0.39, 0.29) is 18.9 Å². The van der Waals surface area contributed by atoms with Gasteiger partial charge in [-0.2, -0.15) is 0 Å². The maximum atomic E-state index is 5.37. The van der Waals surface area contributed by atoms with Crippen molar-refractivity contribution >= 4 is 30.2 Å². The summed E-state index contributed by atoms with van der Waals surface area (Å²) < 4.78 is 0. The van der Waals surface area contributed by atoms with E-state index in [1.807, 2.05) is 0 Å². The number of hydrogen-bond acceptors (Lipinski definition) is 2. The Morgan fingerprint density at radius 1 is 0.778 bits per heavy atom. The second-order valence-electron chi connectivity index (χ2n) is 1.67. The van der Waals surface area contributed by atoms with Gasteiger partial charge in [-0.05, 0) is 24.3 Å². The Morgan fingerprint density at radius 3 is 1.22 bits per heavy atom. The van der Waals surface area contributed by atoms with E-state index in [1.54, 1.807) is 24.3 Å². The molecule has 0 saturated heterocycles. The Hall–Kier alpha value is -0.583. The number of hydrogen-bond donors (Lipinski definition) is 2. The van der Waals surface area contributed by atoms with E-state index < -0.39 is 0 Å². The second kappa shape index (κ2) is 3.44. The van der Waals surface area contributed by atoms with Gasteiger partial charge in [0.15, 0.2) is 0 Å². The minimum absolute atomic E-state index is 0. The van der Waals surface area contributed by atoms with Gasteiger partial charge < -0.3 is 11.5 Å². The van der Waals surface area contributed by atoms with E-state index in [0.29, 0.717) is 0 Å². The van der Waals surface area contributed by atoms with Crippen LogP contribution in [0.25, 0.3) is 0 Å². The van der Waals surface area contributed by atoms with Crippen molar-refractivity contribution in [3.05, 3.63) is 24.3 Å². The fraction of sp³-hybridized carbons (Fsp3) is 0. The van der Waals surface area contributed by atoms with E-state index in [0.717, 1.165) is 11.4 Å². The van der Waals surface area contributed by atoms with Gasteiger partial charge in [-0.25, -0.2) is 0 Å². The van der Waals surface area contributed by atoms with Gasteiger partial charge in [0.05, 0.1) is 0 Å². The molecule has 9 heavy (non-hydrogen) atoms. The number of anilines is 2. The molecule has 0 bridgehead atoms. The van der Waals surface area contributed by atoms with Crippen molar-refractivity contribution in [2.75, 3.05) is 11.5 Å². The van der Waals surface area contributed by atoms with Crippen molar-refractivity contribution in [3.63, 3.8) is 0 Å². The first-order valence-corrected chi connectivity index (χ1v) is 2.40. The fourth-order valence-electron chi connectivity index (χ4n) is 0.496. The van der Waals surface area contributed by atoms with Crippen molar-refractivity contribution in [2.45, 2.75) is 0 Å². The molecule has 1 aromatic carbocycles. The maximum absolute atomic E-state index is 5.37. The van der Waals surface area contributed by atoms with Crippen LogP contribution >= 0.6 is 0 Å². The van der Waals surface area contributed by atoms with E-state index >= 15 is 0 Å². The van der Waals surface area contributed by atoms with Crippen molar-refractivity contribution in [2.24, 2.45) is 0 Å². The molecule has 3 heteroatoms. The van der Waals surface area contributed by atoms with Crippen LogP contribution in [0.4, 0.5) is 11.4 Å². The fourth-order valence-corrected chi connectivity index (χ4v) is 0.496. The molecule has 0 fully saturated rings. The summed E-state index contributed by atoms with van der Waals surface area (Å²) in [5.74, 6) is 0. The predicted molar refractivity (Wildman–Crippen MR) is 42.4 cm³/mol. The average Bonchev–Trinajstić information content (AvgIpc) is 1.77. The topological polar surface area (TPSA) is 52.0 Å². The first-order valence-electron chi connectivity index (χ1n) is 2.40. The summed E-state index contributed by atoms with van der Waals surface area (Å²) in [7, 11) is 0. The van der Waals surface area contributed by atoms with Gasteiger partial charge in [-0.3, -0.25) is 0 Å². The first-order chi connectivity index (χ1) is 3.79. The Kier molecular flexibility index (Phi) is 3.22. The normalized spacial score (nSPS) is 8.00. The van der Waals surface area contributed by atoms with Crippen LogP contribution in [0, 0.1) is 0 Å². The van der Waals surface area contributed by atoms with Crippen molar-refractivity contribution in [3.8, 4) is 0 Å². The molecule has 0 aliphatic rings. The summed E-state index contributed by atoms with van der Waals surface area (Å²) in [6, 6.07) is 7.09. The third-order valence-corrected chi connectivity index (χ3v) is 0.936. The zero-order chi connectivity index (χ0) is 5.98. The van der Waals surface area contributed by atoms with Crippen LogP contribution in [-0.2, 0) is 0 Å². The van der Waals surface area contributed by atoms with Crippen LogP contribution in [-0.4, -0.2) is 18.9 Å².